The van der Waals surface area contributed by atoms with Gasteiger partial charge >= 0.3 is 29.6 Å². The minimum absolute atomic E-state index is 0. The van der Waals surface area contributed by atoms with Crippen LogP contribution >= 0.6 is 22.9 Å². The number of benzene rings is 1. The molecule has 0 radical (unpaired) electrons. The van der Waals surface area contributed by atoms with Crippen LogP contribution in [0, 0.1) is 5.82 Å². The van der Waals surface area contributed by atoms with Gasteiger partial charge in [0.2, 0.25) is 0 Å². The maximum atomic E-state index is 12.9. The van der Waals surface area contributed by atoms with E-state index in [0.29, 0.717) is 5.56 Å². The molecule has 22 heavy (non-hydrogen) atoms. The predicted octanol–water partition coefficient (Wildman–Crippen LogP) is -0.348. The average Bonchev–Trinajstić information content (AvgIpc) is 2.88. The molecule has 0 saturated heterocycles. The van der Waals surface area contributed by atoms with Crippen molar-refractivity contribution in [2.75, 3.05) is 0 Å². The minimum Gasteiger partial charge on any atom is -0.858 e. The summed E-state index contributed by atoms with van der Waals surface area (Å²) in [7, 11) is -4.08. The Kier molecular flexibility index (Phi) is 7.24. The Balaban J connectivity index is 0.00000242. The first kappa shape index (κ1) is 19.3. The first-order chi connectivity index (χ1) is 9.87. The van der Waals surface area contributed by atoms with Crippen molar-refractivity contribution in [2.24, 2.45) is 4.40 Å². The number of hydrogen-bond donors (Lipinski definition) is 0. The molecule has 0 atom stereocenters. The Bertz CT molecular complexity index is 805. The van der Waals surface area contributed by atoms with Crippen LogP contribution in [0.1, 0.15) is 11.1 Å². The summed E-state index contributed by atoms with van der Waals surface area (Å²) < 4.78 is 39.4. The summed E-state index contributed by atoms with van der Waals surface area (Å²) in [5, 5.41) is 15.9. The Hall–Kier alpha value is -0.700. The van der Waals surface area contributed by atoms with E-state index in [2.05, 4.69) is 4.40 Å². The molecule has 0 aliphatic carbocycles. The molecule has 1 heterocycles. The Morgan fingerprint density at radius 1 is 1.36 bits per heavy atom. The maximum Gasteiger partial charge on any atom is 1.00 e. The van der Waals surface area contributed by atoms with E-state index in [9.17, 15) is 17.9 Å². The second-order valence-corrected chi connectivity index (χ2v) is 6.57. The molecule has 0 spiro atoms. The van der Waals surface area contributed by atoms with Gasteiger partial charge < -0.3 is 5.11 Å². The van der Waals surface area contributed by atoms with E-state index in [-0.39, 0.29) is 40.1 Å². The Morgan fingerprint density at radius 3 is 2.68 bits per heavy atom. The van der Waals surface area contributed by atoms with Crippen LogP contribution in [0.25, 0.3) is 6.08 Å². The van der Waals surface area contributed by atoms with E-state index < -0.39 is 21.7 Å². The fourth-order valence-electron chi connectivity index (χ4n) is 1.39. The number of sulfonamides is 1. The molecule has 1 aromatic heterocycles. The van der Waals surface area contributed by atoms with Gasteiger partial charge in [0.05, 0.1) is 10.4 Å². The van der Waals surface area contributed by atoms with Crippen LogP contribution in [0.4, 0.5) is 4.39 Å². The number of thiophene rings is 1. The van der Waals surface area contributed by atoms with Crippen LogP contribution in [-0.4, -0.2) is 14.3 Å². The molecule has 9 heteroatoms. The predicted molar refractivity (Wildman–Crippen MR) is 80.2 cm³/mol. The van der Waals surface area contributed by atoms with Crippen LogP contribution in [0.5, 0.6) is 0 Å². The first-order valence-electron chi connectivity index (χ1n) is 5.55. The van der Waals surface area contributed by atoms with Crippen LogP contribution in [0.3, 0.4) is 0 Å². The van der Waals surface area contributed by atoms with Gasteiger partial charge in [-0.25, -0.2) is 4.39 Å². The van der Waals surface area contributed by atoms with Crippen molar-refractivity contribution < 1.29 is 47.5 Å². The molecular weight excluding hydrogens is 360 g/mol. The van der Waals surface area contributed by atoms with Gasteiger partial charge in [-0.1, -0.05) is 11.6 Å². The molecular formula is C13H8ClFNNaO3S2. The third-order valence-electron chi connectivity index (χ3n) is 2.35. The SMILES string of the molecule is O=S(=O)(/C=C/c1ccsc1)/N=C(\[O-])c1ccc(F)cc1Cl.[Na+]. The fourth-order valence-corrected chi connectivity index (χ4v) is 2.99. The molecule has 1 aromatic carbocycles. The maximum absolute atomic E-state index is 12.9. The van der Waals surface area contributed by atoms with Crippen molar-refractivity contribution in [3.05, 3.63) is 62.4 Å². The molecule has 0 aliphatic rings. The Labute approximate surface area is 158 Å². The minimum atomic E-state index is -4.08. The molecule has 0 bridgehead atoms. The van der Waals surface area contributed by atoms with Gasteiger partial charge in [0.15, 0.2) is 0 Å². The van der Waals surface area contributed by atoms with Crippen molar-refractivity contribution in [3.8, 4) is 0 Å². The van der Waals surface area contributed by atoms with E-state index in [1.54, 1.807) is 16.8 Å². The summed E-state index contributed by atoms with van der Waals surface area (Å²) in [6.07, 6.45) is 1.33. The van der Waals surface area contributed by atoms with Gasteiger partial charge in [-0.3, -0.25) is 0 Å². The molecule has 0 amide bonds. The summed E-state index contributed by atoms with van der Waals surface area (Å²) >= 11 is 7.09. The molecule has 4 nitrogen and oxygen atoms in total. The first-order valence-corrected chi connectivity index (χ1v) is 8.37. The van der Waals surface area contributed by atoms with Crippen molar-refractivity contribution in [1.82, 2.24) is 0 Å². The molecule has 2 aromatic rings. The normalized spacial score (nSPS) is 12.4. The quantitative estimate of drug-likeness (QED) is 0.421. The zero-order valence-electron chi connectivity index (χ0n) is 11.4. The summed E-state index contributed by atoms with van der Waals surface area (Å²) in [4.78, 5) is 0. The third kappa shape index (κ3) is 5.49. The van der Waals surface area contributed by atoms with Crippen molar-refractivity contribution in [1.29, 1.82) is 0 Å². The van der Waals surface area contributed by atoms with Crippen molar-refractivity contribution in [2.45, 2.75) is 0 Å². The monoisotopic (exact) mass is 367 g/mol. The molecule has 2 rings (SSSR count). The number of rotatable bonds is 4. The van der Waals surface area contributed by atoms with Gasteiger partial charge in [-0.15, -0.1) is 0 Å². The zero-order valence-corrected chi connectivity index (χ0v) is 15.8. The van der Waals surface area contributed by atoms with Crippen LogP contribution in [0.2, 0.25) is 5.02 Å². The van der Waals surface area contributed by atoms with E-state index in [0.717, 1.165) is 23.6 Å². The molecule has 0 unspecified atom stereocenters. The van der Waals surface area contributed by atoms with Crippen molar-refractivity contribution >= 4 is 44.9 Å². The topological polar surface area (TPSA) is 69.6 Å². The molecule has 0 saturated carbocycles. The van der Waals surface area contributed by atoms with E-state index in [4.69, 9.17) is 11.6 Å². The van der Waals surface area contributed by atoms with Crippen LogP contribution < -0.4 is 34.7 Å². The summed E-state index contributed by atoms with van der Waals surface area (Å²) in [6.45, 7) is 0. The van der Waals surface area contributed by atoms with Gasteiger partial charge in [-0.05, 0) is 46.7 Å². The molecule has 0 fully saturated rings. The zero-order chi connectivity index (χ0) is 15.5. The standard InChI is InChI=1S/C13H9ClFNO3S2.Na/c14-12-7-10(15)1-2-11(12)13(17)16-21(18,19)6-4-9-3-5-20-8-9;/h1-8H,(H,16,17);/q;+1/p-1/b6-4+;. The van der Waals surface area contributed by atoms with Gasteiger partial charge in [0.1, 0.15) is 5.82 Å². The van der Waals surface area contributed by atoms with Gasteiger partial charge in [0, 0.05) is 11.5 Å². The van der Waals surface area contributed by atoms with Crippen molar-refractivity contribution in [3.63, 3.8) is 0 Å². The smallest absolute Gasteiger partial charge is 0.858 e. The molecule has 0 N–H and O–H groups in total. The summed E-state index contributed by atoms with van der Waals surface area (Å²) in [5.41, 5.74) is 0.511. The number of hydrogen-bond acceptors (Lipinski definition) is 4. The van der Waals surface area contributed by atoms with Crippen LogP contribution in [-0.2, 0) is 10.0 Å². The van der Waals surface area contributed by atoms with E-state index >= 15 is 0 Å². The van der Waals surface area contributed by atoms with Gasteiger partial charge in [0.25, 0.3) is 10.0 Å². The second-order valence-electron chi connectivity index (χ2n) is 3.90. The number of nitrogens with zero attached hydrogens (tertiary/aromatic N) is 1. The molecule has 0 aliphatic heterocycles. The van der Waals surface area contributed by atoms with E-state index in [1.165, 1.54) is 17.4 Å². The van der Waals surface area contributed by atoms with Crippen LogP contribution in [0.15, 0.2) is 44.8 Å². The second kappa shape index (κ2) is 8.24. The summed E-state index contributed by atoms with van der Waals surface area (Å²) in [6, 6.07) is 4.72. The third-order valence-corrected chi connectivity index (χ3v) is 4.26. The Morgan fingerprint density at radius 2 is 2.09 bits per heavy atom. The van der Waals surface area contributed by atoms with Gasteiger partial charge in [-0.2, -0.15) is 24.2 Å². The largest absolute Gasteiger partial charge is 1.00 e. The fraction of sp³-hybridized carbons (Fsp3) is 0. The van der Waals surface area contributed by atoms with E-state index in [1.807, 2.05) is 0 Å². The molecule has 110 valence electrons. The summed E-state index contributed by atoms with van der Waals surface area (Å²) in [5.74, 6) is -1.67. The average molecular weight is 368 g/mol. The number of halogens is 2.